The molecule has 1 atom stereocenters. The average molecular weight is 191 g/mol. The molecule has 0 aliphatic carbocycles. The molecule has 1 heterocycles. The molecule has 1 aliphatic heterocycles. The fraction of sp³-hybridized carbons (Fsp3) is 0.273. The van der Waals surface area contributed by atoms with Gasteiger partial charge < -0.3 is 5.73 Å². The molecule has 0 spiro atoms. The summed E-state index contributed by atoms with van der Waals surface area (Å²) in [5.41, 5.74) is 8.22. The van der Waals surface area contributed by atoms with Crippen molar-refractivity contribution in [3.63, 3.8) is 0 Å². The van der Waals surface area contributed by atoms with Gasteiger partial charge >= 0.3 is 0 Å². The smallest absolute Gasteiger partial charge is 0.0373 e. The van der Waals surface area contributed by atoms with E-state index in [0.29, 0.717) is 11.8 Å². The van der Waals surface area contributed by atoms with E-state index >= 15 is 0 Å². The molecule has 0 amide bonds. The Morgan fingerprint density at radius 1 is 1.46 bits per heavy atom. The topological polar surface area (TPSA) is 26.0 Å². The number of hydrogen-bond acceptors (Lipinski definition) is 2. The SMILES string of the molecule is NCc1cccc(C2CC=CS2)c1. The second kappa shape index (κ2) is 3.99. The highest BCUT2D eigenvalue weighted by atomic mass is 32.2. The molecule has 0 saturated heterocycles. The molecule has 1 aromatic rings. The van der Waals surface area contributed by atoms with E-state index in [1.807, 2.05) is 11.8 Å². The van der Waals surface area contributed by atoms with Gasteiger partial charge in [-0.3, -0.25) is 0 Å². The molecule has 1 aromatic carbocycles. The molecule has 0 aromatic heterocycles. The average Bonchev–Trinajstić information content (AvgIpc) is 2.71. The van der Waals surface area contributed by atoms with Crippen molar-refractivity contribution in [2.24, 2.45) is 5.73 Å². The normalized spacial score (nSPS) is 20.8. The predicted molar refractivity (Wildman–Crippen MR) is 58.4 cm³/mol. The van der Waals surface area contributed by atoms with Gasteiger partial charge in [0.2, 0.25) is 0 Å². The maximum atomic E-state index is 5.59. The molecule has 68 valence electrons. The Bertz CT molecular complexity index is 312. The summed E-state index contributed by atoms with van der Waals surface area (Å²) in [5, 5.41) is 2.80. The van der Waals surface area contributed by atoms with Gasteiger partial charge in [-0.05, 0) is 23.0 Å². The minimum Gasteiger partial charge on any atom is -0.326 e. The minimum absolute atomic E-state index is 0.617. The molecule has 0 bridgehead atoms. The Labute approximate surface area is 83.0 Å². The zero-order chi connectivity index (χ0) is 9.10. The summed E-state index contributed by atoms with van der Waals surface area (Å²) in [7, 11) is 0. The van der Waals surface area contributed by atoms with E-state index < -0.39 is 0 Å². The zero-order valence-electron chi connectivity index (χ0n) is 7.44. The molecular formula is C11H13NS. The van der Waals surface area contributed by atoms with E-state index in [1.54, 1.807) is 0 Å². The summed E-state index contributed by atoms with van der Waals surface area (Å²) in [5.74, 6) is 0. The predicted octanol–water partition coefficient (Wildman–Crippen LogP) is 2.84. The number of rotatable bonds is 2. The van der Waals surface area contributed by atoms with Crippen molar-refractivity contribution in [3.05, 3.63) is 46.9 Å². The van der Waals surface area contributed by atoms with E-state index in [1.165, 1.54) is 11.1 Å². The van der Waals surface area contributed by atoms with Gasteiger partial charge in [0.15, 0.2) is 0 Å². The van der Waals surface area contributed by atoms with Crippen molar-refractivity contribution in [2.75, 3.05) is 0 Å². The highest BCUT2D eigenvalue weighted by Crippen LogP contribution is 2.38. The quantitative estimate of drug-likeness (QED) is 0.778. The molecule has 0 saturated carbocycles. The highest BCUT2D eigenvalue weighted by Gasteiger charge is 2.12. The number of thioether (sulfide) groups is 1. The molecule has 1 aliphatic rings. The number of benzene rings is 1. The summed E-state index contributed by atoms with van der Waals surface area (Å²) in [6.07, 6.45) is 3.38. The van der Waals surface area contributed by atoms with Crippen molar-refractivity contribution in [3.8, 4) is 0 Å². The summed E-state index contributed by atoms with van der Waals surface area (Å²) in [6.45, 7) is 0.638. The Morgan fingerprint density at radius 2 is 2.38 bits per heavy atom. The molecule has 1 unspecified atom stereocenters. The van der Waals surface area contributed by atoms with Crippen molar-refractivity contribution < 1.29 is 0 Å². The maximum Gasteiger partial charge on any atom is 0.0373 e. The lowest BCUT2D eigenvalue weighted by molar-refractivity contribution is 0.975. The Morgan fingerprint density at radius 3 is 3.08 bits per heavy atom. The fourth-order valence-electron chi connectivity index (χ4n) is 1.52. The first-order valence-electron chi connectivity index (χ1n) is 4.49. The van der Waals surface area contributed by atoms with Crippen LogP contribution in [0.3, 0.4) is 0 Å². The van der Waals surface area contributed by atoms with Gasteiger partial charge in [0.05, 0.1) is 0 Å². The number of nitrogens with two attached hydrogens (primary N) is 1. The van der Waals surface area contributed by atoms with Crippen LogP contribution >= 0.6 is 11.8 Å². The van der Waals surface area contributed by atoms with Crippen molar-refractivity contribution in [1.29, 1.82) is 0 Å². The Balaban J connectivity index is 2.19. The van der Waals surface area contributed by atoms with Crippen LogP contribution in [0.1, 0.15) is 22.8 Å². The van der Waals surface area contributed by atoms with Gasteiger partial charge in [-0.1, -0.05) is 30.3 Å². The van der Waals surface area contributed by atoms with Gasteiger partial charge in [-0.25, -0.2) is 0 Å². The molecule has 13 heavy (non-hydrogen) atoms. The third kappa shape index (κ3) is 1.95. The van der Waals surface area contributed by atoms with Crippen LogP contribution in [0.5, 0.6) is 0 Å². The lowest BCUT2D eigenvalue weighted by Crippen LogP contribution is -1.97. The largest absolute Gasteiger partial charge is 0.326 e. The van der Waals surface area contributed by atoms with Gasteiger partial charge in [0.25, 0.3) is 0 Å². The third-order valence-electron chi connectivity index (χ3n) is 2.25. The minimum atomic E-state index is 0.617. The first-order chi connectivity index (χ1) is 6.40. The Hall–Kier alpha value is -0.730. The first kappa shape index (κ1) is 8.85. The van der Waals surface area contributed by atoms with E-state index in [4.69, 9.17) is 5.73 Å². The lowest BCUT2D eigenvalue weighted by Gasteiger charge is -2.09. The van der Waals surface area contributed by atoms with E-state index in [0.717, 1.165) is 6.42 Å². The van der Waals surface area contributed by atoms with Gasteiger partial charge in [0, 0.05) is 11.8 Å². The van der Waals surface area contributed by atoms with E-state index in [-0.39, 0.29) is 0 Å². The van der Waals surface area contributed by atoms with Crippen LogP contribution in [-0.4, -0.2) is 0 Å². The van der Waals surface area contributed by atoms with Crippen LogP contribution in [0.4, 0.5) is 0 Å². The molecule has 2 N–H and O–H groups in total. The van der Waals surface area contributed by atoms with Crippen LogP contribution < -0.4 is 5.73 Å². The summed E-state index contributed by atoms with van der Waals surface area (Å²) >= 11 is 1.89. The van der Waals surface area contributed by atoms with Crippen LogP contribution in [-0.2, 0) is 6.54 Å². The summed E-state index contributed by atoms with van der Waals surface area (Å²) < 4.78 is 0. The molecule has 2 heteroatoms. The van der Waals surface area contributed by atoms with Crippen LogP contribution in [0.25, 0.3) is 0 Å². The van der Waals surface area contributed by atoms with E-state index in [2.05, 4.69) is 35.7 Å². The molecule has 0 radical (unpaired) electrons. The van der Waals surface area contributed by atoms with E-state index in [9.17, 15) is 0 Å². The van der Waals surface area contributed by atoms with Crippen LogP contribution in [0, 0.1) is 0 Å². The van der Waals surface area contributed by atoms with Crippen molar-refractivity contribution >= 4 is 11.8 Å². The molecule has 1 nitrogen and oxygen atoms in total. The molecular weight excluding hydrogens is 178 g/mol. The third-order valence-corrected chi connectivity index (χ3v) is 3.39. The van der Waals surface area contributed by atoms with Crippen LogP contribution in [0.2, 0.25) is 0 Å². The van der Waals surface area contributed by atoms with Crippen molar-refractivity contribution in [1.82, 2.24) is 0 Å². The van der Waals surface area contributed by atoms with Gasteiger partial charge in [-0.15, -0.1) is 11.8 Å². The summed E-state index contributed by atoms with van der Waals surface area (Å²) in [4.78, 5) is 0. The Kier molecular flexibility index (Phi) is 2.71. The van der Waals surface area contributed by atoms with Gasteiger partial charge in [-0.2, -0.15) is 0 Å². The summed E-state index contributed by atoms with van der Waals surface area (Å²) in [6, 6.07) is 8.57. The second-order valence-electron chi connectivity index (χ2n) is 3.18. The fourth-order valence-corrected chi connectivity index (χ4v) is 2.46. The maximum absolute atomic E-state index is 5.59. The van der Waals surface area contributed by atoms with Crippen molar-refractivity contribution in [2.45, 2.75) is 18.2 Å². The van der Waals surface area contributed by atoms with Crippen LogP contribution in [0.15, 0.2) is 35.7 Å². The monoisotopic (exact) mass is 191 g/mol. The zero-order valence-corrected chi connectivity index (χ0v) is 8.26. The molecule has 2 rings (SSSR count). The second-order valence-corrected chi connectivity index (χ2v) is 4.29. The highest BCUT2D eigenvalue weighted by molar-refractivity contribution is 8.02. The standard InChI is InChI=1S/C11H13NS/c12-8-9-3-1-4-10(7-9)11-5-2-6-13-11/h1-4,6-7,11H,5,8,12H2. The first-order valence-corrected chi connectivity index (χ1v) is 5.44. The lowest BCUT2D eigenvalue weighted by atomic mass is 10.1. The van der Waals surface area contributed by atoms with Gasteiger partial charge in [0.1, 0.15) is 0 Å². The number of hydrogen-bond donors (Lipinski definition) is 1. The molecule has 0 fully saturated rings. The number of allylic oxidation sites excluding steroid dienone is 1.